The molecular weight excluding hydrogens is 194 g/mol. The molecule has 0 atom stereocenters. The van der Waals surface area contributed by atoms with E-state index in [0.717, 1.165) is 0 Å². The quantitative estimate of drug-likeness (QED) is 0.707. The van der Waals surface area contributed by atoms with Crippen molar-refractivity contribution in [1.82, 2.24) is 15.3 Å². The van der Waals surface area contributed by atoms with Gasteiger partial charge < -0.3 is 16.0 Å². The Kier molecular flexibility index (Phi) is 3.84. The van der Waals surface area contributed by atoms with Crippen LogP contribution in [0.25, 0.3) is 0 Å². The van der Waals surface area contributed by atoms with E-state index in [4.69, 9.17) is 5.73 Å². The zero-order valence-corrected chi connectivity index (χ0v) is 8.90. The van der Waals surface area contributed by atoms with E-state index in [2.05, 4.69) is 15.3 Å². The first-order valence-electron chi connectivity index (χ1n) is 4.63. The monoisotopic (exact) mass is 209 g/mol. The number of nitrogens with zero attached hydrogens (tertiary/aromatic N) is 3. The number of carbonyl (C=O) groups excluding carboxylic acids is 1. The highest BCUT2D eigenvalue weighted by Gasteiger charge is 2.06. The minimum Gasteiger partial charge on any atom is -0.384 e. The molecule has 0 aromatic carbocycles. The van der Waals surface area contributed by atoms with Crippen LogP contribution in [0.15, 0.2) is 12.3 Å². The van der Waals surface area contributed by atoms with E-state index in [-0.39, 0.29) is 5.91 Å². The maximum absolute atomic E-state index is 11.0. The number of hydrogen-bond donors (Lipinski definition) is 2. The number of rotatable bonds is 4. The molecule has 1 aromatic heterocycles. The van der Waals surface area contributed by atoms with Crippen LogP contribution in [-0.4, -0.2) is 36.5 Å². The zero-order valence-electron chi connectivity index (χ0n) is 8.90. The van der Waals surface area contributed by atoms with Crippen LogP contribution >= 0.6 is 0 Å². The first kappa shape index (κ1) is 11.2. The Morgan fingerprint density at radius 1 is 1.67 bits per heavy atom. The molecule has 0 spiro atoms. The number of aromatic nitrogens is 2. The Morgan fingerprint density at radius 3 is 3.00 bits per heavy atom. The van der Waals surface area contributed by atoms with E-state index in [1.165, 1.54) is 0 Å². The Labute approximate surface area is 88.5 Å². The number of nitrogen functional groups attached to an aromatic ring is 1. The van der Waals surface area contributed by atoms with Gasteiger partial charge in [-0.15, -0.1) is 0 Å². The van der Waals surface area contributed by atoms with Gasteiger partial charge in [0.2, 0.25) is 11.9 Å². The largest absolute Gasteiger partial charge is 0.384 e. The first-order valence-corrected chi connectivity index (χ1v) is 4.63. The molecule has 0 saturated carbocycles. The predicted molar refractivity (Wildman–Crippen MR) is 58.4 cm³/mol. The van der Waals surface area contributed by atoms with E-state index >= 15 is 0 Å². The van der Waals surface area contributed by atoms with Crippen molar-refractivity contribution in [3.63, 3.8) is 0 Å². The second kappa shape index (κ2) is 5.14. The molecule has 0 fully saturated rings. The summed E-state index contributed by atoms with van der Waals surface area (Å²) >= 11 is 0. The molecule has 0 aliphatic heterocycles. The highest BCUT2D eigenvalue weighted by molar-refractivity contribution is 5.76. The maximum atomic E-state index is 11.0. The molecule has 1 amide bonds. The average Bonchev–Trinajstić information content (AvgIpc) is 2.25. The lowest BCUT2D eigenvalue weighted by Gasteiger charge is -2.16. The van der Waals surface area contributed by atoms with E-state index in [1.807, 2.05) is 7.05 Å². The van der Waals surface area contributed by atoms with Crippen molar-refractivity contribution in [2.75, 3.05) is 31.3 Å². The Bertz CT molecular complexity index is 341. The van der Waals surface area contributed by atoms with Crippen molar-refractivity contribution < 1.29 is 4.79 Å². The van der Waals surface area contributed by atoms with E-state index in [9.17, 15) is 4.79 Å². The van der Waals surface area contributed by atoms with Crippen LogP contribution in [0.3, 0.4) is 0 Å². The zero-order chi connectivity index (χ0) is 11.3. The number of nitrogens with two attached hydrogens (primary N) is 1. The molecular formula is C9H15N5O. The number of carbonyl (C=O) groups is 1. The smallest absolute Gasteiger partial charge is 0.226 e. The summed E-state index contributed by atoms with van der Waals surface area (Å²) in [5.41, 5.74) is 5.52. The molecule has 0 aliphatic carbocycles. The van der Waals surface area contributed by atoms with Crippen molar-refractivity contribution in [1.29, 1.82) is 0 Å². The molecule has 82 valence electrons. The highest BCUT2D eigenvalue weighted by atomic mass is 16.1. The normalized spacial score (nSPS) is 9.73. The van der Waals surface area contributed by atoms with Gasteiger partial charge in [-0.3, -0.25) is 4.79 Å². The lowest BCUT2D eigenvalue weighted by atomic mass is 10.4. The molecule has 1 rings (SSSR count). The third kappa shape index (κ3) is 3.41. The maximum Gasteiger partial charge on any atom is 0.226 e. The topological polar surface area (TPSA) is 84.1 Å². The van der Waals surface area contributed by atoms with Gasteiger partial charge in [0.05, 0.1) is 0 Å². The summed E-state index contributed by atoms with van der Waals surface area (Å²) < 4.78 is 0. The van der Waals surface area contributed by atoms with Gasteiger partial charge in [0.1, 0.15) is 5.82 Å². The van der Waals surface area contributed by atoms with Crippen molar-refractivity contribution >= 4 is 17.7 Å². The second-order valence-corrected chi connectivity index (χ2v) is 3.13. The van der Waals surface area contributed by atoms with Gasteiger partial charge in [-0.1, -0.05) is 0 Å². The van der Waals surface area contributed by atoms with Gasteiger partial charge in [0.15, 0.2) is 0 Å². The van der Waals surface area contributed by atoms with Crippen molar-refractivity contribution in [3.8, 4) is 0 Å². The van der Waals surface area contributed by atoms with E-state index in [1.54, 1.807) is 24.2 Å². The number of anilines is 2. The summed E-state index contributed by atoms with van der Waals surface area (Å²) in [4.78, 5) is 20.9. The summed E-state index contributed by atoms with van der Waals surface area (Å²) in [5, 5.41) is 2.55. The second-order valence-electron chi connectivity index (χ2n) is 3.13. The number of nitrogens with one attached hydrogen (secondary N) is 1. The molecule has 0 bridgehead atoms. The lowest BCUT2D eigenvalue weighted by molar-refractivity contribution is -0.120. The van der Waals surface area contributed by atoms with Crippen LogP contribution in [0.5, 0.6) is 0 Å². The standard InChI is InChI=1S/C9H15N5O/c1-11-8(15)4-6-14(2)9-12-5-3-7(10)13-9/h3,5H,4,6H2,1-2H3,(H,11,15)(H2,10,12,13). The predicted octanol–water partition coefficient (Wildman–Crippen LogP) is -0.369. The van der Waals surface area contributed by atoms with Crippen molar-refractivity contribution in [2.24, 2.45) is 0 Å². The minimum absolute atomic E-state index is 0.00856. The van der Waals surface area contributed by atoms with Crippen molar-refractivity contribution in [3.05, 3.63) is 12.3 Å². The van der Waals surface area contributed by atoms with E-state index < -0.39 is 0 Å². The lowest BCUT2D eigenvalue weighted by Crippen LogP contribution is -2.27. The summed E-state index contributed by atoms with van der Waals surface area (Å²) in [5.74, 6) is 0.941. The summed E-state index contributed by atoms with van der Waals surface area (Å²) in [6.07, 6.45) is 2.00. The van der Waals surface area contributed by atoms with E-state index in [0.29, 0.717) is 24.7 Å². The Balaban J connectivity index is 2.53. The average molecular weight is 209 g/mol. The summed E-state index contributed by atoms with van der Waals surface area (Å²) in [7, 11) is 3.43. The SMILES string of the molecule is CNC(=O)CCN(C)c1nccc(N)n1. The van der Waals surface area contributed by atoms with Gasteiger partial charge >= 0.3 is 0 Å². The van der Waals surface area contributed by atoms with Crippen LogP contribution in [0.2, 0.25) is 0 Å². The molecule has 6 nitrogen and oxygen atoms in total. The third-order valence-corrected chi connectivity index (χ3v) is 1.96. The minimum atomic E-state index is -0.00856. The molecule has 3 N–H and O–H groups in total. The molecule has 1 heterocycles. The van der Waals surface area contributed by atoms with Gasteiger partial charge in [-0.2, -0.15) is 4.98 Å². The van der Waals surface area contributed by atoms with Crippen LogP contribution in [-0.2, 0) is 4.79 Å². The molecule has 1 aromatic rings. The van der Waals surface area contributed by atoms with Crippen LogP contribution in [0, 0.1) is 0 Å². The number of amides is 1. The number of hydrogen-bond acceptors (Lipinski definition) is 5. The van der Waals surface area contributed by atoms with Gasteiger partial charge in [0.25, 0.3) is 0 Å². The van der Waals surface area contributed by atoms with Crippen molar-refractivity contribution in [2.45, 2.75) is 6.42 Å². The summed E-state index contributed by atoms with van der Waals surface area (Å²) in [6, 6.07) is 1.62. The van der Waals surface area contributed by atoms with Crippen LogP contribution in [0.1, 0.15) is 6.42 Å². The van der Waals surface area contributed by atoms with Gasteiger partial charge in [-0.05, 0) is 6.07 Å². The Hall–Kier alpha value is -1.85. The summed E-state index contributed by atoms with van der Waals surface area (Å²) in [6.45, 7) is 0.559. The van der Waals surface area contributed by atoms with Crippen LogP contribution < -0.4 is 16.0 Å². The third-order valence-electron chi connectivity index (χ3n) is 1.96. The fourth-order valence-electron chi connectivity index (χ4n) is 1.04. The van der Waals surface area contributed by atoms with Crippen LogP contribution in [0.4, 0.5) is 11.8 Å². The highest BCUT2D eigenvalue weighted by Crippen LogP contribution is 2.06. The van der Waals surface area contributed by atoms with Gasteiger partial charge in [-0.25, -0.2) is 4.98 Å². The fraction of sp³-hybridized carbons (Fsp3) is 0.444. The molecule has 0 aliphatic rings. The first-order chi connectivity index (χ1) is 7.13. The molecule has 15 heavy (non-hydrogen) atoms. The van der Waals surface area contributed by atoms with Gasteiger partial charge in [0, 0.05) is 33.3 Å². The molecule has 0 saturated heterocycles. The molecule has 0 radical (unpaired) electrons. The Morgan fingerprint density at radius 2 is 2.40 bits per heavy atom. The molecule has 6 heteroatoms. The molecule has 0 unspecified atom stereocenters. The fourth-order valence-corrected chi connectivity index (χ4v) is 1.04.